The number of imide groups is 1. The van der Waals surface area contributed by atoms with E-state index in [9.17, 15) is 9.59 Å². The van der Waals surface area contributed by atoms with Crippen LogP contribution in [0.15, 0.2) is 30.3 Å². The Labute approximate surface area is 101 Å². The van der Waals surface area contributed by atoms with Crippen molar-refractivity contribution in [1.82, 2.24) is 9.80 Å². The van der Waals surface area contributed by atoms with Gasteiger partial charge < -0.3 is 0 Å². The Balaban J connectivity index is 2.04. The Bertz CT molecular complexity index is 405. The van der Waals surface area contributed by atoms with E-state index in [0.717, 1.165) is 13.1 Å². The Morgan fingerprint density at radius 3 is 2.65 bits per heavy atom. The zero-order valence-electron chi connectivity index (χ0n) is 9.87. The maximum atomic E-state index is 11.8. The summed E-state index contributed by atoms with van der Waals surface area (Å²) < 4.78 is 0. The molecule has 0 N–H and O–H groups in total. The van der Waals surface area contributed by atoms with Crippen LogP contribution in [0.2, 0.25) is 0 Å². The van der Waals surface area contributed by atoms with Crippen LogP contribution in [0.1, 0.15) is 12.5 Å². The van der Waals surface area contributed by atoms with Gasteiger partial charge in [-0.1, -0.05) is 30.3 Å². The number of amides is 2. The van der Waals surface area contributed by atoms with Gasteiger partial charge in [-0.05, 0) is 12.5 Å². The van der Waals surface area contributed by atoms with Crippen molar-refractivity contribution in [3.05, 3.63) is 35.9 Å². The summed E-state index contributed by atoms with van der Waals surface area (Å²) in [5.74, 6) is -0.109. The molecule has 1 atom stereocenters. The molecular weight excluding hydrogens is 216 g/mol. The van der Waals surface area contributed by atoms with E-state index in [-0.39, 0.29) is 11.9 Å². The van der Waals surface area contributed by atoms with Crippen molar-refractivity contribution in [3.8, 4) is 0 Å². The summed E-state index contributed by atoms with van der Waals surface area (Å²) in [6, 6.07) is 9.82. The highest BCUT2D eigenvalue weighted by Gasteiger charge is 2.30. The largest absolute Gasteiger partial charge is 0.286 e. The zero-order valence-corrected chi connectivity index (χ0v) is 9.87. The second-order valence-electron chi connectivity index (χ2n) is 4.27. The van der Waals surface area contributed by atoms with E-state index >= 15 is 0 Å². The second-order valence-corrected chi connectivity index (χ2v) is 4.27. The van der Waals surface area contributed by atoms with Gasteiger partial charge in [-0.2, -0.15) is 0 Å². The predicted molar refractivity (Wildman–Crippen MR) is 64.1 cm³/mol. The standard InChI is InChI=1S/C13H16N2O2/c1-11-13(17)15(10-16)8-7-14(11)9-12-5-3-2-4-6-12/h2-6,10-11H,7-9H2,1H3. The van der Waals surface area contributed by atoms with Crippen LogP contribution in [-0.2, 0) is 16.1 Å². The summed E-state index contributed by atoms with van der Waals surface area (Å²) in [6.45, 7) is 3.82. The normalized spacial score (nSPS) is 21.6. The molecule has 2 amide bonds. The lowest BCUT2D eigenvalue weighted by atomic mass is 10.1. The Morgan fingerprint density at radius 2 is 2.00 bits per heavy atom. The van der Waals surface area contributed by atoms with Crippen molar-refractivity contribution in [2.45, 2.75) is 19.5 Å². The second kappa shape index (κ2) is 5.10. The molecule has 0 saturated carbocycles. The van der Waals surface area contributed by atoms with E-state index in [2.05, 4.69) is 4.90 Å². The number of piperazine rings is 1. The molecular formula is C13H16N2O2. The quantitative estimate of drug-likeness (QED) is 0.726. The smallest absolute Gasteiger partial charge is 0.246 e. The van der Waals surface area contributed by atoms with E-state index in [1.165, 1.54) is 10.5 Å². The van der Waals surface area contributed by atoms with Gasteiger partial charge in [0.25, 0.3) is 0 Å². The minimum atomic E-state index is -0.228. The van der Waals surface area contributed by atoms with Crippen molar-refractivity contribution in [1.29, 1.82) is 0 Å². The first-order valence-corrected chi connectivity index (χ1v) is 5.76. The fraction of sp³-hybridized carbons (Fsp3) is 0.385. The summed E-state index contributed by atoms with van der Waals surface area (Å²) in [6.07, 6.45) is 0.624. The first kappa shape index (κ1) is 11.8. The zero-order chi connectivity index (χ0) is 12.3. The molecule has 0 spiro atoms. The maximum Gasteiger partial charge on any atom is 0.246 e. The molecule has 17 heavy (non-hydrogen) atoms. The molecule has 0 aliphatic carbocycles. The van der Waals surface area contributed by atoms with Crippen molar-refractivity contribution < 1.29 is 9.59 Å². The summed E-state index contributed by atoms with van der Waals surface area (Å²) in [4.78, 5) is 25.8. The van der Waals surface area contributed by atoms with E-state index in [4.69, 9.17) is 0 Å². The summed E-state index contributed by atoms with van der Waals surface area (Å²) in [7, 11) is 0. The van der Waals surface area contributed by atoms with Crippen LogP contribution in [0, 0.1) is 0 Å². The number of carbonyl (C=O) groups excluding carboxylic acids is 2. The molecule has 0 bridgehead atoms. The Hall–Kier alpha value is -1.68. The fourth-order valence-electron chi connectivity index (χ4n) is 2.07. The van der Waals surface area contributed by atoms with Crippen LogP contribution >= 0.6 is 0 Å². The van der Waals surface area contributed by atoms with Gasteiger partial charge in [0.2, 0.25) is 12.3 Å². The van der Waals surface area contributed by atoms with Crippen molar-refractivity contribution in [3.63, 3.8) is 0 Å². The van der Waals surface area contributed by atoms with Crippen LogP contribution in [0.25, 0.3) is 0 Å². The van der Waals surface area contributed by atoms with Gasteiger partial charge in [-0.3, -0.25) is 19.4 Å². The number of carbonyl (C=O) groups is 2. The maximum absolute atomic E-state index is 11.8. The summed E-state index contributed by atoms with van der Waals surface area (Å²) in [5.41, 5.74) is 1.19. The lowest BCUT2D eigenvalue weighted by molar-refractivity contribution is -0.146. The number of rotatable bonds is 3. The van der Waals surface area contributed by atoms with E-state index in [1.54, 1.807) is 0 Å². The topological polar surface area (TPSA) is 40.6 Å². The van der Waals surface area contributed by atoms with Crippen LogP contribution in [0.4, 0.5) is 0 Å². The van der Waals surface area contributed by atoms with Gasteiger partial charge in [0.15, 0.2) is 0 Å². The van der Waals surface area contributed by atoms with Crippen LogP contribution in [0.5, 0.6) is 0 Å². The highest BCUT2D eigenvalue weighted by atomic mass is 16.2. The Morgan fingerprint density at radius 1 is 1.29 bits per heavy atom. The molecule has 1 aliphatic heterocycles. The summed E-state index contributed by atoms with van der Waals surface area (Å²) in [5, 5.41) is 0. The highest BCUT2D eigenvalue weighted by Crippen LogP contribution is 2.13. The van der Waals surface area contributed by atoms with Gasteiger partial charge >= 0.3 is 0 Å². The molecule has 4 heteroatoms. The third-order valence-electron chi connectivity index (χ3n) is 3.17. The molecule has 1 saturated heterocycles. The minimum Gasteiger partial charge on any atom is -0.286 e. The van der Waals surface area contributed by atoms with E-state index < -0.39 is 0 Å². The first-order valence-electron chi connectivity index (χ1n) is 5.76. The highest BCUT2D eigenvalue weighted by molar-refractivity contribution is 5.90. The van der Waals surface area contributed by atoms with Gasteiger partial charge in [0.05, 0.1) is 6.04 Å². The molecule has 1 aromatic rings. The fourth-order valence-corrected chi connectivity index (χ4v) is 2.07. The predicted octanol–water partition coefficient (Wildman–Crippen LogP) is 0.876. The first-order chi connectivity index (χ1) is 8.22. The molecule has 1 heterocycles. The molecule has 1 fully saturated rings. The number of hydrogen-bond donors (Lipinski definition) is 0. The molecule has 4 nitrogen and oxygen atoms in total. The third-order valence-corrected chi connectivity index (χ3v) is 3.17. The van der Waals surface area contributed by atoms with Crippen LogP contribution < -0.4 is 0 Å². The van der Waals surface area contributed by atoms with Crippen molar-refractivity contribution >= 4 is 12.3 Å². The molecule has 1 aromatic carbocycles. The molecule has 1 unspecified atom stereocenters. The number of hydrogen-bond acceptors (Lipinski definition) is 3. The van der Waals surface area contributed by atoms with Crippen LogP contribution in [-0.4, -0.2) is 41.2 Å². The molecule has 90 valence electrons. The monoisotopic (exact) mass is 232 g/mol. The third kappa shape index (κ3) is 2.53. The van der Waals surface area contributed by atoms with Gasteiger partial charge in [-0.15, -0.1) is 0 Å². The van der Waals surface area contributed by atoms with Crippen molar-refractivity contribution in [2.24, 2.45) is 0 Å². The van der Waals surface area contributed by atoms with Crippen molar-refractivity contribution in [2.75, 3.05) is 13.1 Å². The average Bonchev–Trinajstić information content (AvgIpc) is 2.37. The van der Waals surface area contributed by atoms with Gasteiger partial charge in [0, 0.05) is 19.6 Å². The lowest BCUT2D eigenvalue weighted by Gasteiger charge is -2.36. The van der Waals surface area contributed by atoms with Gasteiger partial charge in [-0.25, -0.2) is 0 Å². The van der Waals surface area contributed by atoms with Crippen LogP contribution in [0.3, 0.4) is 0 Å². The lowest BCUT2D eigenvalue weighted by Crippen LogP contribution is -2.54. The van der Waals surface area contributed by atoms with Gasteiger partial charge in [0.1, 0.15) is 0 Å². The minimum absolute atomic E-state index is 0.109. The molecule has 1 aliphatic rings. The molecule has 0 aromatic heterocycles. The number of nitrogens with zero attached hydrogens (tertiary/aromatic N) is 2. The number of benzene rings is 1. The molecule has 0 radical (unpaired) electrons. The molecule has 2 rings (SSSR count). The summed E-state index contributed by atoms with van der Waals surface area (Å²) >= 11 is 0. The average molecular weight is 232 g/mol. The van der Waals surface area contributed by atoms with E-state index in [0.29, 0.717) is 13.0 Å². The Kier molecular flexibility index (Phi) is 3.54. The van der Waals surface area contributed by atoms with E-state index in [1.807, 2.05) is 37.3 Å². The SMILES string of the molecule is CC1C(=O)N(C=O)CCN1Cc1ccccc1.